The molecule has 0 atom stereocenters. The molecule has 0 aliphatic rings. The van der Waals surface area contributed by atoms with Crippen molar-refractivity contribution >= 4 is 28.8 Å². The lowest BCUT2D eigenvalue weighted by Gasteiger charge is -2.05. The quantitative estimate of drug-likeness (QED) is 0.584. The number of halogens is 2. The topological polar surface area (TPSA) is 78.8 Å². The Bertz CT molecular complexity index is 1070. The minimum absolute atomic E-state index is 0.249. The Morgan fingerprint density at radius 3 is 2.70 bits per heavy atom. The Morgan fingerprint density at radius 1 is 1.09 bits per heavy atom. The van der Waals surface area contributed by atoms with Crippen LogP contribution in [0.4, 0.5) is 0 Å². The van der Waals surface area contributed by atoms with Crippen molar-refractivity contribution < 1.29 is 0 Å². The third-order valence-corrected chi connectivity index (χ3v) is 4.25. The van der Waals surface area contributed by atoms with E-state index in [1.165, 1.54) is 10.6 Å². The number of H-pyrrole nitrogens is 2. The van der Waals surface area contributed by atoms with Crippen LogP contribution >= 0.6 is 23.2 Å². The molecule has 4 aromatic rings. The summed E-state index contributed by atoms with van der Waals surface area (Å²) in [5.74, 6) is 0. The molecule has 114 valence electrons. The van der Waals surface area contributed by atoms with Crippen LogP contribution < -0.4 is 5.56 Å². The smallest absolute Gasteiger partial charge is 0.274 e. The minimum Gasteiger partial charge on any atom is -0.339 e. The Hall–Kier alpha value is -2.57. The number of nitrogens with zero attached hydrogens (tertiary/aromatic N) is 3. The van der Waals surface area contributed by atoms with Crippen molar-refractivity contribution in [3.63, 3.8) is 0 Å². The highest BCUT2D eigenvalue weighted by Gasteiger charge is 2.13. The van der Waals surface area contributed by atoms with Crippen molar-refractivity contribution in [1.29, 1.82) is 0 Å². The molecule has 0 amide bonds. The van der Waals surface area contributed by atoms with E-state index in [1.807, 2.05) is 0 Å². The molecule has 4 rings (SSSR count). The SMILES string of the molecule is O=c1cc(-c2ccc(Cl)c(Cl)c2)[nH]c2c(-c3cc[nH]n3)cnn12. The monoisotopic (exact) mass is 345 g/mol. The van der Waals surface area contributed by atoms with Crippen molar-refractivity contribution in [3.05, 3.63) is 63.1 Å². The van der Waals surface area contributed by atoms with E-state index in [2.05, 4.69) is 20.3 Å². The molecule has 0 unspecified atom stereocenters. The second-order valence-corrected chi connectivity index (χ2v) is 5.74. The maximum Gasteiger partial charge on any atom is 0.274 e. The summed E-state index contributed by atoms with van der Waals surface area (Å²) in [7, 11) is 0. The third kappa shape index (κ3) is 2.32. The van der Waals surface area contributed by atoms with E-state index >= 15 is 0 Å². The molecule has 1 aromatic carbocycles. The first-order valence-electron chi connectivity index (χ1n) is 6.70. The molecule has 0 saturated heterocycles. The fourth-order valence-corrected chi connectivity index (χ4v) is 2.70. The largest absolute Gasteiger partial charge is 0.339 e. The van der Waals surface area contributed by atoms with Gasteiger partial charge in [-0.05, 0) is 23.8 Å². The molecule has 3 heterocycles. The third-order valence-electron chi connectivity index (χ3n) is 3.51. The zero-order valence-electron chi connectivity index (χ0n) is 11.5. The molecule has 3 aromatic heterocycles. The van der Waals surface area contributed by atoms with Gasteiger partial charge in [-0.1, -0.05) is 29.3 Å². The van der Waals surface area contributed by atoms with Gasteiger partial charge in [0.15, 0.2) is 0 Å². The van der Waals surface area contributed by atoms with Gasteiger partial charge in [-0.2, -0.15) is 14.7 Å². The molecule has 2 N–H and O–H groups in total. The molecule has 0 aliphatic heterocycles. The van der Waals surface area contributed by atoms with E-state index in [4.69, 9.17) is 23.2 Å². The summed E-state index contributed by atoms with van der Waals surface area (Å²) in [6, 6.07) is 8.46. The van der Waals surface area contributed by atoms with Gasteiger partial charge < -0.3 is 4.98 Å². The molecule has 0 fully saturated rings. The molecular formula is C15H9Cl2N5O. The molecule has 8 heteroatoms. The normalized spacial score (nSPS) is 11.2. The van der Waals surface area contributed by atoms with Gasteiger partial charge in [-0.15, -0.1) is 0 Å². The summed E-state index contributed by atoms with van der Waals surface area (Å²) in [5.41, 5.74) is 3.12. The summed E-state index contributed by atoms with van der Waals surface area (Å²) >= 11 is 12.0. The van der Waals surface area contributed by atoms with Crippen LogP contribution in [0, 0.1) is 0 Å². The van der Waals surface area contributed by atoms with Crippen molar-refractivity contribution in [2.24, 2.45) is 0 Å². The van der Waals surface area contributed by atoms with Crippen molar-refractivity contribution in [2.45, 2.75) is 0 Å². The summed E-state index contributed by atoms with van der Waals surface area (Å²) < 4.78 is 1.30. The number of rotatable bonds is 2. The lowest BCUT2D eigenvalue weighted by atomic mass is 10.1. The van der Waals surface area contributed by atoms with Gasteiger partial charge in [-0.3, -0.25) is 9.89 Å². The van der Waals surface area contributed by atoms with Crippen LogP contribution in [0.1, 0.15) is 0 Å². The molecule has 0 spiro atoms. The average molecular weight is 346 g/mol. The van der Waals surface area contributed by atoms with Crippen LogP contribution in [-0.2, 0) is 0 Å². The molecule has 6 nitrogen and oxygen atoms in total. The highest BCUT2D eigenvalue weighted by molar-refractivity contribution is 6.42. The Labute approximate surface area is 139 Å². The van der Waals surface area contributed by atoms with Crippen LogP contribution in [-0.4, -0.2) is 24.8 Å². The summed E-state index contributed by atoms with van der Waals surface area (Å²) in [6.45, 7) is 0. The Kier molecular flexibility index (Phi) is 3.21. The van der Waals surface area contributed by atoms with Gasteiger partial charge in [0, 0.05) is 12.3 Å². The summed E-state index contributed by atoms with van der Waals surface area (Å²) in [5, 5.41) is 11.9. The zero-order chi connectivity index (χ0) is 16.0. The summed E-state index contributed by atoms with van der Waals surface area (Å²) in [4.78, 5) is 15.5. The van der Waals surface area contributed by atoms with Gasteiger partial charge >= 0.3 is 0 Å². The van der Waals surface area contributed by atoms with Crippen molar-refractivity contribution in [2.75, 3.05) is 0 Å². The van der Waals surface area contributed by atoms with Crippen LogP contribution in [0.2, 0.25) is 10.0 Å². The van der Waals surface area contributed by atoms with E-state index in [9.17, 15) is 4.79 Å². The number of hydrogen-bond donors (Lipinski definition) is 2. The minimum atomic E-state index is -0.249. The molecule has 0 bridgehead atoms. The van der Waals surface area contributed by atoms with E-state index in [-0.39, 0.29) is 5.56 Å². The summed E-state index contributed by atoms with van der Waals surface area (Å²) in [6.07, 6.45) is 3.31. The number of aromatic amines is 2. The maximum absolute atomic E-state index is 12.3. The van der Waals surface area contributed by atoms with Gasteiger partial charge in [-0.25, -0.2) is 0 Å². The zero-order valence-corrected chi connectivity index (χ0v) is 13.1. The van der Waals surface area contributed by atoms with Crippen molar-refractivity contribution in [3.8, 4) is 22.5 Å². The van der Waals surface area contributed by atoms with Crippen molar-refractivity contribution in [1.82, 2.24) is 24.8 Å². The number of nitrogens with one attached hydrogen (secondary N) is 2. The average Bonchev–Trinajstić information content (AvgIpc) is 3.18. The first-order chi connectivity index (χ1) is 11.1. The first kappa shape index (κ1) is 14.0. The fraction of sp³-hybridized carbons (Fsp3) is 0. The van der Waals surface area contributed by atoms with Gasteiger partial charge in [0.05, 0.1) is 33.2 Å². The predicted molar refractivity (Wildman–Crippen MR) is 88.9 cm³/mol. The fourth-order valence-electron chi connectivity index (χ4n) is 2.40. The number of fused-ring (bicyclic) bond motifs is 1. The lowest BCUT2D eigenvalue weighted by molar-refractivity contribution is 0.901. The van der Waals surface area contributed by atoms with Crippen LogP contribution in [0.15, 0.2) is 47.5 Å². The standard InChI is InChI=1S/C15H9Cl2N5O/c16-10-2-1-8(5-11(10)17)13-6-14(23)22-15(20-13)9(7-19-22)12-3-4-18-21-12/h1-7,20H,(H,18,21). The second-order valence-electron chi connectivity index (χ2n) is 4.93. The van der Waals surface area contributed by atoms with E-state index in [0.29, 0.717) is 27.1 Å². The molecule has 0 aliphatic carbocycles. The van der Waals surface area contributed by atoms with E-state index in [1.54, 1.807) is 36.7 Å². The first-order valence-corrected chi connectivity index (χ1v) is 7.46. The Balaban J connectivity index is 1.97. The van der Waals surface area contributed by atoms with Gasteiger partial charge in [0.25, 0.3) is 5.56 Å². The maximum atomic E-state index is 12.3. The highest BCUT2D eigenvalue weighted by Crippen LogP contribution is 2.28. The predicted octanol–water partition coefficient (Wildman–Crippen LogP) is 3.39. The molecule has 0 radical (unpaired) electrons. The van der Waals surface area contributed by atoms with Gasteiger partial charge in [0.2, 0.25) is 0 Å². The van der Waals surface area contributed by atoms with Crippen LogP contribution in [0.3, 0.4) is 0 Å². The lowest BCUT2D eigenvalue weighted by Crippen LogP contribution is -2.14. The van der Waals surface area contributed by atoms with E-state index in [0.717, 1.165) is 11.1 Å². The number of benzene rings is 1. The van der Waals surface area contributed by atoms with Crippen LogP contribution in [0.25, 0.3) is 28.2 Å². The number of hydrogen-bond acceptors (Lipinski definition) is 3. The molecule has 23 heavy (non-hydrogen) atoms. The second kappa shape index (κ2) is 5.26. The van der Waals surface area contributed by atoms with E-state index < -0.39 is 0 Å². The van der Waals surface area contributed by atoms with Gasteiger partial charge in [0.1, 0.15) is 5.65 Å². The molecule has 0 saturated carbocycles. The Morgan fingerprint density at radius 2 is 1.96 bits per heavy atom. The van der Waals surface area contributed by atoms with Crippen LogP contribution in [0.5, 0.6) is 0 Å². The highest BCUT2D eigenvalue weighted by atomic mass is 35.5. The number of aromatic nitrogens is 5. The molecular weight excluding hydrogens is 337 g/mol.